The molecule has 0 N–H and O–H groups in total. The second-order valence-electron chi connectivity index (χ2n) is 9.43. The Morgan fingerprint density at radius 1 is 0.838 bits per heavy atom. The van der Waals surface area contributed by atoms with Crippen LogP contribution in [0.15, 0.2) is 83.8 Å². The molecule has 6 rings (SSSR count). The van der Waals surface area contributed by atoms with Crippen LogP contribution in [0, 0.1) is 6.92 Å². The van der Waals surface area contributed by atoms with Crippen molar-refractivity contribution in [1.29, 1.82) is 0 Å². The number of anilines is 1. The van der Waals surface area contributed by atoms with Crippen LogP contribution in [0.4, 0.5) is 5.95 Å². The third-order valence-electron chi connectivity index (χ3n) is 6.87. The first-order chi connectivity index (χ1) is 18.0. The summed E-state index contributed by atoms with van der Waals surface area (Å²) in [5, 5.41) is 10.1. The van der Waals surface area contributed by atoms with Gasteiger partial charge in [0.2, 0.25) is 16.0 Å². The predicted octanol–water partition coefficient (Wildman–Crippen LogP) is 4.08. The predicted molar refractivity (Wildman–Crippen MR) is 144 cm³/mol. The molecule has 1 fully saturated rings. The fraction of sp³-hybridized carbons (Fsp3) is 0.250. The molecule has 5 aromatic rings. The normalized spacial score (nSPS) is 15.3. The Labute approximate surface area is 216 Å². The van der Waals surface area contributed by atoms with Crippen LogP contribution in [0.25, 0.3) is 16.6 Å². The molecule has 0 bridgehead atoms. The molecule has 1 aliphatic rings. The van der Waals surface area contributed by atoms with Gasteiger partial charge in [-0.3, -0.25) is 0 Å². The third-order valence-corrected chi connectivity index (χ3v) is 8.76. The fourth-order valence-corrected chi connectivity index (χ4v) is 6.56. The first-order valence-corrected chi connectivity index (χ1v) is 13.9. The maximum Gasteiger partial charge on any atom is 0.243 e. The van der Waals surface area contributed by atoms with Crippen LogP contribution in [0.5, 0.6) is 0 Å². The summed E-state index contributed by atoms with van der Waals surface area (Å²) in [6, 6.07) is 25.3. The molecule has 0 radical (unpaired) electrons. The van der Waals surface area contributed by atoms with Crippen LogP contribution in [0.3, 0.4) is 0 Å². The van der Waals surface area contributed by atoms with E-state index in [0.717, 1.165) is 39.4 Å². The van der Waals surface area contributed by atoms with Crippen molar-refractivity contribution in [3.05, 3.63) is 95.8 Å². The van der Waals surface area contributed by atoms with Crippen molar-refractivity contribution >= 4 is 32.5 Å². The highest BCUT2D eigenvalue weighted by Crippen LogP contribution is 2.27. The van der Waals surface area contributed by atoms with E-state index in [1.807, 2.05) is 59.9 Å². The van der Waals surface area contributed by atoms with E-state index in [0.29, 0.717) is 43.9 Å². The monoisotopic (exact) mass is 512 g/mol. The van der Waals surface area contributed by atoms with E-state index in [9.17, 15) is 8.42 Å². The number of nitrogens with zero attached hydrogens (tertiary/aromatic N) is 6. The van der Waals surface area contributed by atoms with Gasteiger partial charge in [0.15, 0.2) is 5.65 Å². The third kappa shape index (κ3) is 4.45. The lowest BCUT2D eigenvalue weighted by Crippen LogP contribution is -2.36. The van der Waals surface area contributed by atoms with Gasteiger partial charge in [-0.25, -0.2) is 17.8 Å². The standard InChI is InChI=1S/C28H28N6O2S/c1-21-9-7-12-23(19-21)37(35,36)33-16-8-15-32(17-18-33)28-29-25-14-6-5-13-24(25)27-31-30-26(34(27)28)20-22-10-3-2-4-11-22/h2-7,9-14,19H,8,15-18,20H2,1H3. The van der Waals surface area contributed by atoms with E-state index < -0.39 is 10.0 Å². The molecule has 0 amide bonds. The van der Waals surface area contributed by atoms with Gasteiger partial charge in [0, 0.05) is 38.0 Å². The van der Waals surface area contributed by atoms with E-state index in [1.165, 1.54) is 0 Å². The highest BCUT2D eigenvalue weighted by Gasteiger charge is 2.29. The first-order valence-electron chi connectivity index (χ1n) is 12.5. The Hall–Kier alpha value is -3.82. The molecule has 0 spiro atoms. The zero-order valence-electron chi connectivity index (χ0n) is 20.7. The van der Waals surface area contributed by atoms with Gasteiger partial charge in [-0.15, -0.1) is 10.2 Å². The molecule has 9 heteroatoms. The number of aromatic nitrogens is 4. The average molecular weight is 513 g/mol. The Kier molecular flexibility index (Phi) is 6.10. The topological polar surface area (TPSA) is 83.7 Å². The van der Waals surface area contributed by atoms with Gasteiger partial charge in [-0.1, -0.05) is 54.6 Å². The van der Waals surface area contributed by atoms with Crippen LogP contribution >= 0.6 is 0 Å². The Morgan fingerprint density at radius 2 is 1.65 bits per heavy atom. The van der Waals surface area contributed by atoms with Crippen molar-refractivity contribution < 1.29 is 8.42 Å². The van der Waals surface area contributed by atoms with Gasteiger partial charge in [0.05, 0.1) is 10.4 Å². The van der Waals surface area contributed by atoms with Crippen molar-refractivity contribution in [3.63, 3.8) is 0 Å². The van der Waals surface area contributed by atoms with E-state index in [2.05, 4.69) is 27.2 Å². The van der Waals surface area contributed by atoms with E-state index in [4.69, 9.17) is 4.98 Å². The largest absolute Gasteiger partial charge is 0.340 e. The van der Waals surface area contributed by atoms with Crippen molar-refractivity contribution in [2.75, 3.05) is 31.1 Å². The maximum atomic E-state index is 13.4. The summed E-state index contributed by atoms with van der Waals surface area (Å²) < 4.78 is 30.4. The summed E-state index contributed by atoms with van der Waals surface area (Å²) in [6.07, 6.45) is 1.31. The lowest BCUT2D eigenvalue weighted by molar-refractivity contribution is 0.433. The number of aryl methyl sites for hydroxylation is 1. The highest BCUT2D eigenvalue weighted by atomic mass is 32.2. The minimum Gasteiger partial charge on any atom is -0.340 e. The van der Waals surface area contributed by atoms with E-state index >= 15 is 0 Å². The number of benzene rings is 3. The average Bonchev–Trinajstić information content (AvgIpc) is 3.16. The number of para-hydroxylation sites is 1. The molecule has 0 aliphatic carbocycles. The van der Waals surface area contributed by atoms with E-state index in [-0.39, 0.29) is 0 Å². The molecule has 1 aliphatic heterocycles. The van der Waals surface area contributed by atoms with Crippen molar-refractivity contribution in [2.24, 2.45) is 0 Å². The molecule has 3 aromatic carbocycles. The van der Waals surface area contributed by atoms with Crippen molar-refractivity contribution in [3.8, 4) is 0 Å². The summed E-state index contributed by atoms with van der Waals surface area (Å²) in [5.74, 6) is 1.56. The van der Waals surface area contributed by atoms with Gasteiger partial charge in [0.1, 0.15) is 5.82 Å². The fourth-order valence-electron chi connectivity index (χ4n) is 4.98. The van der Waals surface area contributed by atoms with Crippen LogP contribution in [-0.2, 0) is 16.4 Å². The van der Waals surface area contributed by atoms with Crippen molar-refractivity contribution in [1.82, 2.24) is 23.9 Å². The number of fused-ring (bicyclic) bond motifs is 3. The van der Waals surface area contributed by atoms with Crippen LogP contribution in [0.1, 0.15) is 23.4 Å². The summed E-state index contributed by atoms with van der Waals surface area (Å²) in [5.41, 5.74) is 3.68. The zero-order valence-corrected chi connectivity index (χ0v) is 21.5. The lowest BCUT2D eigenvalue weighted by Gasteiger charge is -2.24. The summed E-state index contributed by atoms with van der Waals surface area (Å²) >= 11 is 0. The number of hydrogen-bond donors (Lipinski definition) is 0. The number of hydrogen-bond acceptors (Lipinski definition) is 6. The molecule has 2 aromatic heterocycles. The van der Waals surface area contributed by atoms with Crippen LogP contribution < -0.4 is 4.90 Å². The summed E-state index contributed by atoms with van der Waals surface area (Å²) in [7, 11) is -3.57. The molecule has 188 valence electrons. The molecule has 37 heavy (non-hydrogen) atoms. The minimum absolute atomic E-state index is 0.344. The Morgan fingerprint density at radius 3 is 2.49 bits per heavy atom. The number of sulfonamides is 1. The van der Waals surface area contributed by atoms with E-state index in [1.54, 1.807) is 22.5 Å². The second-order valence-corrected chi connectivity index (χ2v) is 11.4. The molecule has 0 atom stereocenters. The second kappa shape index (κ2) is 9.57. The highest BCUT2D eigenvalue weighted by molar-refractivity contribution is 7.89. The first kappa shape index (κ1) is 23.6. The van der Waals surface area contributed by atoms with Gasteiger partial charge in [-0.2, -0.15) is 4.31 Å². The van der Waals surface area contributed by atoms with Crippen molar-refractivity contribution in [2.45, 2.75) is 24.7 Å². The van der Waals surface area contributed by atoms with Gasteiger partial charge in [0.25, 0.3) is 0 Å². The lowest BCUT2D eigenvalue weighted by atomic mass is 10.1. The molecule has 3 heterocycles. The van der Waals surface area contributed by atoms with Gasteiger partial charge >= 0.3 is 0 Å². The molecular weight excluding hydrogens is 484 g/mol. The maximum absolute atomic E-state index is 13.4. The van der Waals surface area contributed by atoms with Gasteiger partial charge < -0.3 is 4.90 Å². The zero-order chi connectivity index (χ0) is 25.4. The molecule has 1 saturated heterocycles. The Bertz CT molecular complexity index is 1680. The molecule has 0 unspecified atom stereocenters. The number of rotatable bonds is 5. The SMILES string of the molecule is Cc1cccc(S(=O)(=O)N2CCCN(c3nc4ccccc4c4nnc(Cc5ccccc5)n34)CC2)c1. The minimum atomic E-state index is -3.57. The van der Waals surface area contributed by atoms with Crippen LogP contribution in [0.2, 0.25) is 0 Å². The van der Waals surface area contributed by atoms with Gasteiger partial charge in [-0.05, 0) is 48.7 Å². The molecule has 0 saturated carbocycles. The Balaban J connectivity index is 1.38. The van der Waals surface area contributed by atoms with Crippen LogP contribution in [-0.4, -0.2) is 58.5 Å². The summed E-state index contributed by atoms with van der Waals surface area (Å²) in [6.45, 7) is 3.95. The quantitative estimate of drug-likeness (QED) is 0.353. The summed E-state index contributed by atoms with van der Waals surface area (Å²) in [4.78, 5) is 7.55. The molecule has 8 nitrogen and oxygen atoms in total. The smallest absolute Gasteiger partial charge is 0.243 e. The molecular formula is C28H28N6O2S.